The molecule has 0 aliphatic heterocycles. The quantitative estimate of drug-likeness (QED) is 0.617. The zero-order valence-corrected chi connectivity index (χ0v) is 12.9. The fraction of sp³-hybridized carbons (Fsp3) is 0.647. The van der Waals surface area contributed by atoms with Gasteiger partial charge < -0.3 is 0 Å². The Balaban J connectivity index is 1.69. The van der Waals surface area contributed by atoms with Crippen molar-refractivity contribution in [2.75, 3.05) is 6.54 Å². The van der Waals surface area contributed by atoms with Gasteiger partial charge in [-0.25, -0.2) is 0 Å². The minimum absolute atomic E-state index is 0.0573. The van der Waals surface area contributed by atoms with Crippen LogP contribution >= 0.6 is 11.8 Å². The molecule has 1 aromatic carbocycles. The number of benzene rings is 1. The summed E-state index contributed by atoms with van der Waals surface area (Å²) < 4.78 is -0.154. The number of nitro groups is 1. The van der Waals surface area contributed by atoms with Crippen molar-refractivity contribution in [3.05, 3.63) is 40.4 Å². The lowest BCUT2D eigenvalue weighted by atomic mass is 9.51. The van der Waals surface area contributed by atoms with Gasteiger partial charge in [0.2, 0.25) is 6.54 Å². The van der Waals surface area contributed by atoms with Gasteiger partial charge in [-0.2, -0.15) is 0 Å². The van der Waals surface area contributed by atoms with Crippen LogP contribution in [-0.4, -0.2) is 16.2 Å². The summed E-state index contributed by atoms with van der Waals surface area (Å²) in [7, 11) is 0. The van der Waals surface area contributed by atoms with Gasteiger partial charge in [0.05, 0.1) is 4.75 Å². The van der Waals surface area contributed by atoms with Crippen LogP contribution in [0.5, 0.6) is 0 Å². The van der Waals surface area contributed by atoms with Crippen molar-refractivity contribution >= 4 is 11.8 Å². The van der Waals surface area contributed by atoms with Gasteiger partial charge in [0.1, 0.15) is 0 Å². The van der Waals surface area contributed by atoms with E-state index in [2.05, 4.69) is 12.1 Å². The van der Waals surface area contributed by atoms with Crippen LogP contribution in [0.3, 0.4) is 0 Å². The third kappa shape index (κ3) is 2.28. The first-order valence-corrected chi connectivity index (χ1v) is 8.83. The summed E-state index contributed by atoms with van der Waals surface area (Å²) in [4.78, 5) is 12.5. The molecule has 0 spiro atoms. The van der Waals surface area contributed by atoms with E-state index in [0.717, 1.165) is 11.8 Å². The summed E-state index contributed by atoms with van der Waals surface area (Å²) >= 11 is 1.81. The number of thioether (sulfide) groups is 1. The third-order valence-electron chi connectivity index (χ3n) is 5.95. The molecular weight excluding hydrogens is 282 g/mol. The van der Waals surface area contributed by atoms with E-state index < -0.39 is 0 Å². The van der Waals surface area contributed by atoms with Crippen LogP contribution in [0.15, 0.2) is 35.2 Å². The molecule has 0 unspecified atom stereocenters. The first-order chi connectivity index (χ1) is 10.2. The Kier molecular flexibility index (Phi) is 3.25. The monoisotopic (exact) mass is 303 g/mol. The van der Waals surface area contributed by atoms with Gasteiger partial charge in [0.15, 0.2) is 0 Å². The van der Waals surface area contributed by atoms with E-state index in [-0.39, 0.29) is 16.2 Å². The smallest absolute Gasteiger partial charge is 0.219 e. The molecule has 0 amide bonds. The van der Waals surface area contributed by atoms with Crippen molar-refractivity contribution in [3.63, 3.8) is 0 Å². The lowest BCUT2D eigenvalue weighted by Gasteiger charge is -2.59. The van der Waals surface area contributed by atoms with Crippen LogP contribution in [0, 0.1) is 33.8 Å². The molecule has 0 heterocycles. The topological polar surface area (TPSA) is 43.1 Å². The maximum absolute atomic E-state index is 11.4. The molecule has 0 N–H and O–H groups in total. The molecule has 4 fully saturated rings. The summed E-state index contributed by atoms with van der Waals surface area (Å²) in [5, 5.41) is 11.4. The number of nitrogens with zero attached hydrogens (tertiary/aromatic N) is 1. The summed E-state index contributed by atoms with van der Waals surface area (Å²) in [5.74, 6) is 2.79. The molecule has 21 heavy (non-hydrogen) atoms. The van der Waals surface area contributed by atoms with Crippen LogP contribution in [0.2, 0.25) is 0 Å². The van der Waals surface area contributed by atoms with Crippen molar-refractivity contribution in [1.29, 1.82) is 0 Å². The van der Waals surface area contributed by atoms with E-state index in [1.807, 2.05) is 30.0 Å². The molecule has 0 atom stereocenters. The Morgan fingerprint density at radius 1 is 1.05 bits per heavy atom. The second-order valence-corrected chi connectivity index (χ2v) is 8.60. The predicted octanol–water partition coefficient (Wildman–Crippen LogP) is 4.25. The zero-order chi connectivity index (χ0) is 14.4. The third-order valence-corrected chi connectivity index (χ3v) is 7.63. The average Bonchev–Trinajstić information content (AvgIpc) is 2.44. The first kappa shape index (κ1) is 13.6. The number of rotatable bonds is 4. The lowest BCUT2D eigenvalue weighted by molar-refractivity contribution is -0.490. The van der Waals surface area contributed by atoms with Crippen LogP contribution in [0.4, 0.5) is 0 Å². The summed E-state index contributed by atoms with van der Waals surface area (Å²) in [6.45, 7) is 0.140. The maximum atomic E-state index is 11.4. The Morgan fingerprint density at radius 2 is 1.62 bits per heavy atom. The molecule has 3 nitrogen and oxygen atoms in total. The normalized spacial score (nSPS) is 40.4. The largest absolute Gasteiger partial charge is 0.264 e. The van der Waals surface area contributed by atoms with E-state index in [1.54, 1.807) is 0 Å². The summed E-state index contributed by atoms with van der Waals surface area (Å²) in [5.41, 5.74) is 0. The standard InChI is InChI=1S/C17H21NO2S/c19-18(20)11-17(21-16-4-2-1-3-5-16)14-7-12-6-13(9-14)10-15(17)8-12/h1-5,12-15H,6-11H2. The van der Waals surface area contributed by atoms with Gasteiger partial charge in [-0.05, 0) is 67.9 Å². The van der Waals surface area contributed by atoms with Gasteiger partial charge >= 0.3 is 0 Å². The Morgan fingerprint density at radius 3 is 2.14 bits per heavy atom. The van der Waals surface area contributed by atoms with Gasteiger partial charge in [0.25, 0.3) is 0 Å². The van der Waals surface area contributed by atoms with Crippen molar-refractivity contribution < 1.29 is 4.92 Å². The highest BCUT2D eigenvalue weighted by Crippen LogP contribution is 2.63. The van der Waals surface area contributed by atoms with Gasteiger partial charge in [-0.1, -0.05) is 18.2 Å². The van der Waals surface area contributed by atoms with Crippen molar-refractivity contribution in [1.82, 2.24) is 0 Å². The molecule has 4 saturated carbocycles. The highest BCUT2D eigenvalue weighted by molar-refractivity contribution is 8.00. The van der Waals surface area contributed by atoms with Crippen molar-refractivity contribution in [2.24, 2.45) is 23.7 Å². The predicted molar refractivity (Wildman–Crippen MR) is 83.9 cm³/mol. The van der Waals surface area contributed by atoms with E-state index in [1.165, 1.54) is 37.0 Å². The minimum atomic E-state index is -0.154. The van der Waals surface area contributed by atoms with Crippen molar-refractivity contribution in [2.45, 2.75) is 41.7 Å². The molecule has 5 rings (SSSR count). The van der Waals surface area contributed by atoms with Crippen LogP contribution in [-0.2, 0) is 0 Å². The van der Waals surface area contributed by atoms with Crippen LogP contribution < -0.4 is 0 Å². The Labute approximate surface area is 129 Å². The summed E-state index contributed by atoms with van der Waals surface area (Å²) in [6.07, 6.45) is 6.28. The lowest BCUT2D eigenvalue weighted by Crippen LogP contribution is -2.58. The molecule has 112 valence electrons. The van der Waals surface area contributed by atoms with Gasteiger partial charge in [0, 0.05) is 9.82 Å². The van der Waals surface area contributed by atoms with E-state index in [4.69, 9.17) is 0 Å². The summed E-state index contributed by atoms with van der Waals surface area (Å²) in [6, 6.07) is 10.3. The molecule has 4 aliphatic carbocycles. The van der Waals surface area contributed by atoms with Gasteiger partial charge in [-0.15, -0.1) is 11.8 Å². The van der Waals surface area contributed by atoms with E-state index in [0.29, 0.717) is 11.8 Å². The maximum Gasteiger partial charge on any atom is 0.219 e. The van der Waals surface area contributed by atoms with Crippen LogP contribution in [0.25, 0.3) is 0 Å². The van der Waals surface area contributed by atoms with Gasteiger partial charge in [-0.3, -0.25) is 10.1 Å². The first-order valence-electron chi connectivity index (χ1n) is 8.01. The fourth-order valence-electron chi connectivity index (χ4n) is 5.35. The zero-order valence-electron chi connectivity index (χ0n) is 12.1. The fourth-order valence-corrected chi connectivity index (χ4v) is 6.97. The Hall–Kier alpha value is -1.03. The minimum Gasteiger partial charge on any atom is -0.264 e. The van der Waals surface area contributed by atoms with E-state index >= 15 is 0 Å². The molecule has 4 bridgehead atoms. The number of hydrogen-bond acceptors (Lipinski definition) is 3. The highest BCUT2D eigenvalue weighted by atomic mass is 32.2. The average molecular weight is 303 g/mol. The molecule has 0 aromatic heterocycles. The van der Waals surface area contributed by atoms with E-state index in [9.17, 15) is 10.1 Å². The molecule has 1 aromatic rings. The number of hydrogen-bond donors (Lipinski definition) is 0. The van der Waals surface area contributed by atoms with Crippen LogP contribution in [0.1, 0.15) is 32.1 Å². The molecular formula is C17H21NO2S. The highest BCUT2D eigenvalue weighted by Gasteiger charge is 2.60. The molecule has 4 heteroatoms. The Bertz CT molecular complexity index is 517. The second-order valence-electron chi connectivity index (χ2n) is 7.17. The second kappa shape index (κ2) is 5.01. The SMILES string of the molecule is O=[N+]([O-])CC1(Sc2ccccc2)C2CC3CC(C2)CC1C3. The molecule has 4 aliphatic rings. The molecule has 0 saturated heterocycles. The molecule has 0 radical (unpaired) electrons. The van der Waals surface area contributed by atoms with Crippen molar-refractivity contribution in [3.8, 4) is 0 Å².